The molecule has 0 saturated carbocycles. The number of methoxy groups -OCH3 is 1. The van der Waals surface area contributed by atoms with Gasteiger partial charge in [-0.3, -0.25) is 14.5 Å². The number of carbonyl (C=O) groups excluding carboxylic acids is 1. The summed E-state index contributed by atoms with van der Waals surface area (Å²) < 4.78 is 32.9. The SMILES string of the molecule is COc1ccc(CN2CCC(NC(=O)c3cc(=O)c4cc(F)c(Cl)cc4[nH]3)CC2)c(F)c1. The lowest BCUT2D eigenvalue weighted by Crippen LogP contribution is -2.44. The third kappa shape index (κ3) is 4.76. The molecule has 1 aliphatic rings. The van der Waals surface area contributed by atoms with Crippen molar-refractivity contribution in [3.05, 3.63) is 74.5 Å². The van der Waals surface area contributed by atoms with E-state index < -0.39 is 17.2 Å². The van der Waals surface area contributed by atoms with Gasteiger partial charge in [0.2, 0.25) is 0 Å². The molecule has 9 heteroatoms. The number of H-pyrrole nitrogens is 1. The summed E-state index contributed by atoms with van der Waals surface area (Å²) in [5.41, 5.74) is 0.520. The molecule has 1 aromatic heterocycles. The Morgan fingerprint density at radius 1 is 1.19 bits per heavy atom. The van der Waals surface area contributed by atoms with E-state index in [-0.39, 0.29) is 28.0 Å². The lowest BCUT2D eigenvalue weighted by atomic mass is 10.0. The van der Waals surface area contributed by atoms with Gasteiger partial charge in [-0.25, -0.2) is 8.78 Å². The molecule has 0 unspecified atom stereocenters. The fourth-order valence-electron chi connectivity index (χ4n) is 3.89. The second kappa shape index (κ2) is 9.26. The monoisotopic (exact) mass is 461 g/mol. The number of aromatic nitrogens is 1. The number of carbonyl (C=O) groups is 1. The van der Waals surface area contributed by atoms with Crippen LogP contribution in [0.1, 0.15) is 28.9 Å². The highest BCUT2D eigenvalue weighted by atomic mass is 35.5. The highest BCUT2D eigenvalue weighted by molar-refractivity contribution is 6.31. The molecule has 0 aliphatic carbocycles. The Morgan fingerprint density at radius 3 is 2.62 bits per heavy atom. The van der Waals surface area contributed by atoms with Gasteiger partial charge in [-0.1, -0.05) is 17.7 Å². The van der Waals surface area contributed by atoms with E-state index in [0.29, 0.717) is 49.3 Å². The van der Waals surface area contributed by atoms with Gasteiger partial charge in [-0.2, -0.15) is 0 Å². The van der Waals surface area contributed by atoms with Gasteiger partial charge in [0.05, 0.1) is 17.6 Å². The normalized spacial score (nSPS) is 15.1. The molecule has 32 heavy (non-hydrogen) atoms. The number of pyridine rings is 1. The van der Waals surface area contributed by atoms with Crippen LogP contribution in [-0.2, 0) is 6.54 Å². The van der Waals surface area contributed by atoms with Gasteiger partial charge in [0, 0.05) is 48.8 Å². The van der Waals surface area contributed by atoms with Crippen LogP contribution in [0.4, 0.5) is 8.78 Å². The van der Waals surface area contributed by atoms with Crippen molar-refractivity contribution in [1.29, 1.82) is 0 Å². The Balaban J connectivity index is 1.37. The molecule has 3 aromatic rings. The minimum Gasteiger partial charge on any atom is -0.497 e. The molecule has 6 nitrogen and oxygen atoms in total. The Kier molecular flexibility index (Phi) is 6.43. The highest BCUT2D eigenvalue weighted by Crippen LogP contribution is 2.21. The number of piperidine rings is 1. The molecule has 1 amide bonds. The Labute approximate surface area is 188 Å². The number of hydrogen-bond donors (Lipinski definition) is 2. The van der Waals surface area contributed by atoms with E-state index in [9.17, 15) is 18.4 Å². The van der Waals surface area contributed by atoms with E-state index in [0.717, 1.165) is 12.1 Å². The van der Waals surface area contributed by atoms with Crippen LogP contribution in [0.5, 0.6) is 5.75 Å². The predicted molar refractivity (Wildman–Crippen MR) is 118 cm³/mol. The van der Waals surface area contributed by atoms with Gasteiger partial charge in [-0.15, -0.1) is 0 Å². The van der Waals surface area contributed by atoms with Crippen LogP contribution in [0.15, 0.2) is 41.2 Å². The molecule has 4 rings (SSSR count). The number of ether oxygens (including phenoxy) is 1. The Bertz CT molecular complexity index is 1220. The predicted octanol–water partition coefficient (Wildman–Crippen LogP) is 3.86. The van der Waals surface area contributed by atoms with Crippen molar-refractivity contribution in [2.24, 2.45) is 0 Å². The number of hydrogen-bond acceptors (Lipinski definition) is 4. The number of rotatable bonds is 5. The third-order valence-corrected chi connectivity index (χ3v) is 5.98. The van der Waals surface area contributed by atoms with Crippen molar-refractivity contribution in [2.75, 3.05) is 20.2 Å². The fourth-order valence-corrected chi connectivity index (χ4v) is 4.05. The number of halogens is 3. The summed E-state index contributed by atoms with van der Waals surface area (Å²) in [6.45, 7) is 1.87. The molecular weight excluding hydrogens is 440 g/mol. The topological polar surface area (TPSA) is 74.4 Å². The van der Waals surface area contributed by atoms with Crippen LogP contribution >= 0.6 is 11.6 Å². The Hall–Kier alpha value is -2.97. The van der Waals surface area contributed by atoms with Gasteiger partial charge in [0.15, 0.2) is 5.43 Å². The first kappa shape index (κ1) is 22.2. The maximum atomic E-state index is 14.2. The van der Waals surface area contributed by atoms with Crippen molar-refractivity contribution >= 4 is 28.4 Å². The summed E-state index contributed by atoms with van der Waals surface area (Å²) >= 11 is 5.79. The lowest BCUT2D eigenvalue weighted by Gasteiger charge is -2.32. The standard InChI is InChI=1S/C23H22ClF2N3O3/c1-32-15-3-2-13(18(25)8-15)12-29-6-4-14(5-7-29)27-23(31)21-11-22(30)16-9-19(26)17(24)10-20(16)28-21/h2-3,8-11,14H,4-7,12H2,1H3,(H,27,31)(H,28,30). The van der Waals surface area contributed by atoms with Crippen LogP contribution in [0.25, 0.3) is 10.9 Å². The van der Waals surface area contributed by atoms with E-state index in [1.54, 1.807) is 12.1 Å². The van der Waals surface area contributed by atoms with Crippen molar-refractivity contribution in [2.45, 2.75) is 25.4 Å². The smallest absolute Gasteiger partial charge is 0.268 e. The molecule has 0 radical (unpaired) electrons. The molecule has 0 spiro atoms. The van der Waals surface area contributed by atoms with Crippen LogP contribution in [-0.4, -0.2) is 42.0 Å². The van der Waals surface area contributed by atoms with Crippen molar-refractivity contribution < 1.29 is 18.3 Å². The molecule has 0 atom stereocenters. The molecular formula is C23H22ClF2N3O3. The minimum absolute atomic E-state index is 0.0736. The van der Waals surface area contributed by atoms with E-state index in [1.807, 2.05) is 0 Å². The quantitative estimate of drug-likeness (QED) is 0.605. The number of nitrogens with zero attached hydrogens (tertiary/aromatic N) is 1. The molecule has 1 aliphatic heterocycles. The Morgan fingerprint density at radius 2 is 1.94 bits per heavy atom. The van der Waals surface area contributed by atoms with Gasteiger partial charge in [0.1, 0.15) is 23.1 Å². The molecule has 168 valence electrons. The fraction of sp³-hybridized carbons (Fsp3) is 0.304. The molecule has 2 aromatic carbocycles. The van der Waals surface area contributed by atoms with E-state index in [2.05, 4.69) is 15.2 Å². The second-order valence-corrected chi connectivity index (χ2v) is 8.25. The zero-order valence-electron chi connectivity index (χ0n) is 17.4. The van der Waals surface area contributed by atoms with Gasteiger partial charge in [0.25, 0.3) is 5.91 Å². The summed E-state index contributed by atoms with van der Waals surface area (Å²) in [5.74, 6) is -0.931. The van der Waals surface area contributed by atoms with Crippen molar-refractivity contribution in [1.82, 2.24) is 15.2 Å². The number of fused-ring (bicyclic) bond motifs is 1. The number of amides is 1. The average molecular weight is 462 g/mol. The van der Waals surface area contributed by atoms with E-state index in [4.69, 9.17) is 16.3 Å². The molecule has 2 N–H and O–H groups in total. The summed E-state index contributed by atoms with van der Waals surface area (Å²) in [4.78, 5) is 29.9. The number of benzene rings is 2. The van der Waals surface area contributed by atoms with Gasteiger partial charge < -0.3 is 15.0 Å². The van der Waals surface area contributed by atoms with E-state index >= 15 is 0 Å². The van der Waals surface area contributed by atoms with E-state index in [1.165, 1.54) is 19.2 Å². The third-order valence-electron chi connectivity index (χ3n) is 5.69. The zero-order chi connectivity index (χ0) is 22.8. The summed E-state index contributed by atoms with van der Waals surface area (Å²) in [7, 11) is 1.50. The maximum absolute atomic E-state index is 14.2. The zero-order valence-corrected chi connectivity index (χ0v) is 18.1. The number of aromatic amines is 1. The van der Waals surface area contributed by atoms with Crippen LogP contribution in [0.2, 0.25) is 5.02 Å². The van der Waals surface area contributed by atoms with Crippen molar-refractivity contribution in [3.8, 4) is 5.75 Å². The van der Waals surface area contributed by atoms with Gasteiger partial charge in [-0.05, 0) is 31.0 Å². The number of nitrogens with one attached hydrogen (secondary N) is 2. The largest absolute Gasteiger partial charge is 0.497 e. The summed E-state index contributed by atoms with van der Waals surface area (Å²) in [6, 6.07) is 8.25. The van der Waals surface area contributed by atoms with Crippen LogP contribution in [0.3, 0.4) is 0 Å². The average Bonchev–Trinajstić information content (AvgIpc) is 2.77. The summed E-state index contributed by atoms with van der Waals surface area (Å²) in [5, 5.41) is 2.92. The summed E-state index contributed by atoms with van der Waals surface area (Å²) in [6.07, 6.45) is 1.39. The van der Waals surface area contributed by atoms with Crippen LogP contribution < -0.4 is 15.5 Å². The molecule has 0 bridgehead atoms. The lowest BCUT2D eigenvalue weighted by molar-refractivity contribution is 0.0904. The molecule has 1 fully saturated rings. The first-order valence-electron chi connectivity index (χ1n) is 10.2. The minimum atomic E-state index is -0.692. The first-order valence-corrected chi connectivity index (χ1v) is 10.6. The first-order chi connectivity index (χ1) is 15.3. The molecule has 2 heterocycles. The molecule has 1 saturated heterocycles. The number of likely N-dealkylation sites (tertiary alicyclic amines) is 1. The second-order valence-electron chi connectivity index (χ2n) is 7.84. The maximum Gasteiger partial charge on any atom is 0.268 e. The van der Waals surface area contributed by atoms with Crippen LogP contribution in [0, 0.1) is 11.6 Å². The highest BCUT2D eigenvalue weighted by Gasteiger charge is 2.23. The van der Waals surface area contributed by atoms with Crippen molar-refractivity contribution in [3.63, 3.8) is 0 Å². The van der Waals surface area contributed by atoms with Gasteiger partial charge >= 0.3 is 0 Å².